The molecular weight excluding hydrogens is 308 g/mol. The van der Waals surface area contributed by atoms with E-state index in [0.717, 1.165) is 24.2 Å². The predicted molar refractivity (Wildman–Crippen MR) is 106 cm³/mol. The van der Waals surface area contributed by atoms with E-state index in [1.165, 1.54) is 11.1 Å². The van der Waals surface area contributed by atoms with Gasteiger partial charge in [0, 0.05) is 12.2 Å². The number of hydrogen-bond acceptors (Lipinski definition) is 2. The van der Waals surface area contributed by atoms with Crippen molar-refractivity contribution >= 4 is 11.6 Å². The number of carbonyl (C=O) groups excluding carboxylic acids is 1. The van der Waals surface area contributed by atoms with Crippen molar-refractivity contribution in [3.63, 3.8) is 0 Å². The van der Waals surface area contributed by atoms with Crippen molar-refractivity contribution in [3.8, 4) is 0 Å². The number of rotatable bonds is 7. The second-order valence-electron chi connectivity index (χ2n) is 7.49. The van der Waals surface area contributed by atoms with Crippen LogP contribution in [0.3, 0.4) is 0 Å². The molecule has 0 aliphatic heterocycles. The van der Waals surface area contributed by atoms with Gasteiger partial charge in [0.15, 0.2) is 0 Å². The quantitative estimate of drug-likeness (QED) is 0.794. The molecule has 25 heavy (non-hydrogen) atoms. The monoisotopic (exact) mass is 338 g/mol. The fourth-order valence-corrected chi connectivity index (χ4v) is 2.87. The first-order chi connectivity index (χ1) is 11.8. The number of nitrogens with zero attached hydrogens (tertiary/aromatic N) is 1. The zero-order chi connectivity index (χ0) is 18.4. The minimum Gasteiger partial charge on any atom is -0.326 e. The number of anilines is 1. The van der Waals surface area contributed by atoms with Gasteiger partial charge in [0.05, 0.1) is 5.92 Å². The van der Waals surface area contributed by atoms with Gasteiger partial charge in [-0.15, -0.1) is 0 Å². The third-order valence-corrected chi connectivity index (χ3v) is 4.24. The van der Waals surface area contributed by atoms with Crippen LogP contribution in [0.4, 0.5) is 5.69 Å². The molecule has 2 rings (SSSR count). The van der Waals surface area contributed by atoms with Crippen LogP contribution in [0.2, 0.25) is 0 Å². The van der Waals surface area contributed by atoms with Crippen LogP contribution >= 0.6 is 0 Å². The molecule has 2 aromatic carbocycles. The molecule has 1 atom stereocenters. The molecule has 0 saturated heterocycles. The molecule has 0 aliphatic rings. The molecule has 0 bridgehead atoms. The van der Waals surface area contributed by atoms with E-state index in [-0.39, 0.29) is 11.8 Å². The number of carbonyl (C=O) groups is 1. The summed E-state index contributed by atoms with van der Waals surface area (Å²) in [5.41, 5.74) is 4.45. The van der Waals surface area contributed by atoms with E-state index in [1.54, 1.807) is 0 Å². The van der Waals surface area contributed by atoms with E-state index in [4.69, 9.17) is 0 Å². The lowest BCUT2D eigenvalue weighted by Gasteiger charge is -2.14. The summed E-state index contributed by atoms with van der Waals surface area (Å²) in [6.07, 6.45) is 1.07. The first-order valence-electron chi connectivity index (χ1n) is 8.98. The van der Waals surface area contributed by atoms with Crippen molar-refractivity contribution in [1.29, 1.82) is 0 Å². The van der Waals surface area contributed by atoms with Crippen LogP contribution in [0.15, 0.2) is 48.5 Å². The molecule has 2 aromatic rings. The van der Waals surface area contributed by atoms with E-state index in [1.807, 2.05) is 33.2 Å². The zero-order valence-corrected chi connectivity index (χ0v) is 16.0. The van der Waals surface area contributed by atoms with Crippen molar-refractivity contribution < 1.29 is 4.79 Å². The maximum Gasteiger partial charge on any atom is 0.231 e. The largest absolute Gasteiger partial charge is 0.326 e. The lowest BCUT2D eigenvalue weighted by Crippen LogP contribution is -2.19. The molecule has 0 saturated carbocycles. The second-order valence-corrected chi connectivity index (χ2v) is 7.49. The van der Waals surface area contributed by atoms with Gasteiger partial charge in [0.1, 0.15) is 0 Å². The van der Waals surface area contributed by atoms with Crippen LogP contribution in [-0.2, 0) is 17.8 Å². The normalized spacial score (nSPS) is 12.4. The predicted octanol–water partition coefficient (Wildman–Crippen LogP) is 4.69. The molecule has 0 spiro atoms. The van der Waals surface area contributed by atoms with Gasteiger partial charge in [0.2, 0.25) is 5.91 Å². The molecule has 0 fully saturated rings. The first-order valence-corrected chi connectivity index (χ1v) is 8.98. The van der Waals surface area contributed by atoms with Gasteiger partial charge in [-0.05, 0) is 62.2 Å². The van der Waals surface area contributed by atoms with Crippen LogP contribution in [0, 0.1) is 5.92 Å². The standard InChI is InChI=1S/C22H30N2O/c1-16(2)14-18-6-10-20(11-7-18)17(3)22(25)23-21-12-8-19(9-13-21)15-24(4)5/h6-13,16-17H,14-15H2,1-5H3,(H,23,25). The summed E-state index contributed by atoms with van der Waals surface area (Å²) < 4.78 is 0. The maximum absolute atomic E-state index is 12.5. The number of nitrogens with one attached hydrogen (secondary N) is 1. The molecule has 0 radical (unpaired) electrons. The fourth-order valence-electron chi connectivity index (χ4n) is 2.87. The van der Waals surface area contributed by atoms with Gasteiger partial charge >= 0.3 is 0 Å². The van der Waals surface area contributed by atoms with Gasteiger partial charge < -0.3 is 10.2 Å². The molecule has 3 heteroatoms. The van der Waals surface area contributed by atoms with Gasteiger partial charge in [-0.1, -0.05) is 50.2 Å². The summed E-state index contributed by atoms with van der Waals surface area (Å²) in [6, 6.07) is 16.5. The molecule has 1 N–H and O–H groups in total. The Morgan fingerprint density at radius 1 is 0.920 bits per heavy atom. The average Bonchev–Trinajstić information content (AvgIpc) is 2.55. The molecule has 1 amide bonds. The van der Waals surface area contributed by atoms with Crippen molar-refractivity contribution in [1.82, 2.24) is 4.90 Å². The lowest BCUT2D eigenvalue weighted by atomic mass is 9.96. The maximum atomic E-state index is 12.5. The van der Waals surface area contributed by atoms with E-state index in [2.05, 4.69) is 60.5 Å². The Morgan fingerprint density at radius 2 is 1.48 bits per heavy atom. The summed E-state index contributed by atoms with van der Waals surface area (Å²) in [5, 5.41) is 3.01. The van der Waals surface area contributed by atoms with Crippen LogP contribution in [0.5, 0.6) is 0 Å². The highest BCUT2D eigenvalue weighted by Gasteiger charge is 2.15. The number of benzene rings is 2. The highest BCUT2D eigenvalue weighted by molar-refractivity contribution is 5.95. The summed E-state index contributed by atoms with van der Waals surface area (Å²) in [7, 11) is 4.09. The number of hydrogen-bond donors (Lipinski definition) is 1. The summed E-state index contributed by atoms with van der Waals surface area (Å²) >= 11 is 0. The van der Waals surface area contributed by atoms with Gasteiger partial charge in [0.25, 0.3) is 0 Å². The van der Waals surface area contributed by atoms with Crippen molar-refractivity contribution in [3.05, 3.63) is 65.2 Å². The first kappa shape index (κ1) is 19.2. The summed E-state index contributed by atoms with van der Waals surface area (Å²) in [6.45, 7) is 7.28. The van der Waals surface area contributed by atoms with Crippen molar-refractivity contribution in [2.45, 2.75) is 39.7 Å². The molecular formula is C22H30N2O. The lowest BCUT2D eigenvalue weighted by molar-refractivity contribution is -0.117. The van der Waals surface area contributed by atoms with Crippen LogP contribution < -0.4 is 5.32 Å². The smallest absolute Gasteiger partial charge is 0.231 e. The Labute approximate surface area is 152 Å². The van der Waals surface area contributed by atoms with Crippen molar-refractivity contribution in [2.75, 3.05) is 19.4 Å². The third-order valence-electron chi connectivity index (χ3n) is 4.24. The van der Waals surface area contributed by atoms with E-state index in [9.17, 15) is 4.79 Å². The van der Waals surface area contributed by atoms with Gasteiger partial charge in [-0.25, -0.2) is 0 Å². The van der Waals surface area contributed by atoms with E-state index < -0.39 is 0 Å². The molecule has 1 unspecified atom stereocenters. The Hall–Kier alpha value is -2.13. The summed E-state index contributed by atoms with van der Waals surface area (Å²) in [5.74, 6) is 0.494. The zero-order valence-electron chi connectivity index (χ0n) is 16.0. The topological polar surface area (TPSA) is 32.3 Å². The molecule has 0 aliphatic carbocycles. The Morgan fingerprint density at radius 3 is 2.00 bits per heavy atom. The molecule has 134 valence electrons. The van der Waals surface area contributed by atoms with E-state index >= 15 is 0 Å². The summed E-state index contributed by atoms with van der Waals surface area (Å²) in [4.78, 5) is 14.6. The van der Waals surface area contributed by atoms with E-state index in [0.29, 0.717) is 5.92 Å². The highest BCUT2D eigenvalue weighted by Crippen LogP contribution is 2.20. The average molecular weight is 338 g/mol. The number of amides is 1. The highest BCUT2D eigenvalue weighted by atomic mass is 16.1. The third kappa shape index (κ3) is 6.02. The van der Waals surface area contributed by atoms with Crippen LogP contribution in [0.1, 0.15) is 43.4 Å². The van der Waals surface area contributed by atoms with Crippen LogP contribution in [-0.4, -0.2) is 24.9 Å². The Balaban J connectivity index is 1.97. The molecule has 0 heterocycles. The molecule has 0 aromatic heterocycles. The van der Waals surface area contributed by atoms with Gasteiger partial charge in [-0.3, -0.25) is 4.79 Å². The minimum atomic E-state index is -0.172. The fraction of sp³-hybridized carbons (Fsp3) is 0.409. The van der Waals surface area contributed by atoms with Gasteiger partial charge in [-0.2, -0.15) is 0 Å². The SMILES string of the molecule is CC(C)Cc1ccc(C(C)C(=O)Nc2ccc(CN(C)C)cc2)cc1. The Bertz CT molecular complexity index is 672. The Kier molecular flexibility index (Phi) is 6.77. The van der Waals surface area contributed by atoms with Crippen molar-refractivity contribution in [2.24, 2.45) is 5.92 Å². The second kappa shape index (κ2) is 8.82. The van der Waals surface area contributed by atoms with Crippen LogP contribution in [0.25, 0.3) is 0 Å². The minimum absolute atomic E-state index is 0.0250. The molecule has 3 nitrogen and oxygen atoms in total.